The lowest BCUT2D eigenvalue weighted by atomic mass is 10.1. The maximum absolute atomic E-state index is 5.69. The first-order chi connectivity index (χ1) is 6.24. The molecule has 2 rings (SSSR count). The molecule has 0 unspecified atom stereocenters. The van der Waals surface area contributed by atoms with Gasteiger partial charge in [0.25, 0.3) is 0 Å². The predicted octanol–water partition coefficient (Wildman–Crippen LogP) is 0.637. The maximum atomic E-state index is 5.69. The van der Waals surface area contributed by atoms with Gasteiger partial charge in [0.15, 0.2) is 0 Å². The second-order valence-electron chi connectivity index (χ2n) is 3.63. The first kappa shape index (κ1) is 9.12. The van der Waals surface area contributed by atoms with Crippen LogP contribution in [0.25, 0.3) is 0 Å². The van der Waals surface area contributed by atoms with Gasteiger partial charge in [0.05, 0.1) is 10.7 Å². The molecule has 72 valence electrons. The Labute approximate surface area is 82.6 Å². The number of aryl methyl sites for hydroxylation is 1. The van der Waals surface area contributed by atoms with E-state index in [1.807, 2.05) is 6.92 Å². The third kappa shape index (κ3) is 2.27. The van der Waals surface area contributed by atoms with Gasteiger partial charge in [-0.2, -0.15) is 0 Å². The van der Waals surface area contributed by atoms with Crippen LogP contribution in [-0.2, 0) is 6.42 Å². The van der Waals surface area contributed by atoms with Gasteiger partial charge in [-0.25, -0.2) is 4.98 Å². The van der Waals surface area contributed by atoms with E-state index in [4.69, 9.17) is 5.73 Å². The summed E-state index contributed by atoms with van der Waals surface area (Å²) >= 11 is 1.73. The Balaban J connectivity index is 1.74. The topological polar surface area (TPSA) is 42.2 Å². The van der Waals surface area contributed by atoms with Crippen molar-refractivity contribution in [3.8, 4) is 0 Å². The summed E-state index contributed by atoms with van der Waals surface area (Å²) in [6, 6.07) is 0.414. The molecular formula is C9H15N3S. The largest absolute Gasteiger partial charge is 0.325 e. The molecule has 1 aromatic rings. The van der Waals surface area contributed by atoms with Crippen LogP contribution in [0.4, 0.5) is 0 Å². The average molecular weight is 197 g/mol. The van der Waals surface area contributed by atoms with Gasteiger partial charge in [0.1, 0.15) is 0 Å². The van der Waals surface area contributed by atoms with E-state index in [1.165, 1.54) is 5.69 Å². The lowest BCUT2D eigenvalue weighted by Gasteiger charge is -2.36. The van der Waals surface area contributed by atoms with Crippen LogP contribution in [0.15, 0.2) is 5.38 Å². The molecule has 0 spiro atoms. The molecule has 0 bridgehead atoms. The van der Waals surface area contributed by atoms with Crippen LogP contribution in [0, 0.1) is 6.92 Å². The number of aromatic nitrogens is 1. The summed E-state index contributed by atoms with van der Waals surface area (Å²) in [5, 5.41) is 3.31. The second-order valence-corrected chi connectivity index (χ2v) is 4.69. The van der Waals surface area contributed by atoms with Gasteiger partial charge in [0.2, 0.25) is 0 Å². The lowest BCUT2D eigenvalue weighted by molar-refractivity contribution is 0.152. The fourth-order valence-electron chi connectivity index (χ4n) is 1.59. The Kier molecular flexibility index (Phi) is 2.62. The smallest absolute Gasteiger partial charge is 0.0897 e. The summed E-state index contributed by atoms with van der Waals surface area (Å²) in [4.78, 5) is 6.80. The molecule has 13 heavy (non-hydrogen) atoms. The van der Waals surface area contributed by atoms with Gasteiger partial charge in [0, 0.05) is 37.5 Å². The molecule has 0 atom stereocenters. The van der Waals surface area contributed by atoms with Crippen LogP contribution < -0.4 is 5.73 Å². The molecule has 2 N–H and O–H groups in total. The van der Waals surface area contributed by atoms with E-state index in [0.717, 1.165) is 31.1 Å². The summed E-state index contributed by atoms with van der Waals surface area (Å²) in [6.45, 7) is 5.27. The van der Waals surface area contributed by atoms with E-state index in [2.05, 4.69) is 15.3 Å². The number of hydrogen-bond donors (Lipinski definition) is 1. The van der Waals surface area contributed by atoms with Gasteiger partial charge in [-0.05, 0) is 6.92 Å². The third-order valence-electron chi connectivity index (χ3n) is 2.34. The summed E-state index contributed by atoms with van der Waals surface area (Å²) in [7, 11) is 0. The number of hydrogen-bond acceptors (Lipinski definition) is 4. The minimum atomic E-state index is 0.414. The van der Waals surface area contributed by atoms with Crippen LogP contribution >= 0.6 is 11.3 Å². The SMILES string of the molecule is Cc1nc(CCN2CC(N)C2)cs1. The highest BCUT2D eigenvalue weighted by Gasteiger charge is 2.22. The quantitative estimate of drug-likeness (QED) is 0.773. The van der Waals surface area contributed by atoms with Crippen molar-refractivity contribution in [2.24, 2.45) is 5.73 Å². The number of nitrogens with zero attached hydrogens (tertiary/aromatic N) is 2. The Morgan fingerprint density at radius 3 is 3.00 bits per heavy atom. The Hall–Kier alpha value is -0.450. The van der Waals surface area contributed by atoms with Crippen molar-refractivity contribution in [2.75, 3.05) is 19.6 Å². The standard InChI is InChI=1S/C9H15N3S/c1-7-11-9(6-13-7)2-3-12-4-8(10)5-12/h6,8H,2-5,10H2,1H3. The van der Waals surface area contributed by atoms with E-state index in [0.29, 0.717) is 6.04 Å². The predicted molar refractivity (Wildman–Crippen MR) is 55.0 cm³/mol. The molecule has 0 aromatic carbocycles. The zero-order chi connectivity index (χ0) is 9.26. The normalized spacial score (nSPS) is 18.9. The van der Waals surface area contributed by atoms with Gasteiger partial charge in [-0.3, -0.25) is 4.90 Å². The van der Waals surface area contributed by atoms with Gasteiger partial charge in [-0.1, -0.05) is 0 Å². The first-order valence-corrected chi connectivity index (χ1v) is 5.51. The van der Waals surface area contributed by atoms with Crippen molar-refractivity contribution in [3.05, 3.63) is 16.1 Å². The van der Waals surface area contributed by atoms with Crippen LogP contribution in [0.5, 0.6) is 0 Å². The van der Waals surface area contributed by atoms with E-state index in [-0.39, 0.29) is 0 Å². The Bertz CT molecular complexity index is 278. The number of likely N-dealkylation sites (tertiary alicyclic amines) is 1. The van der Waals surface area contributed by atoms with E-state index in [9.17, 15) is 0 Å². The Morgan fingerprint density at radius 1 is 1.69 bits per heavy atom. The molecular weight excluding hydrogens is 182 g/mol. The maximum Gasteiger partial charge on any atom is 0.0897 e. The molecule has 1 aromatic heterocycles. The van der Waals surface area contributed by atoms with Crippen LogP contribution in [0.1, 0.15) is 10.7 Å². The number of rotatable bonds is 3. The third-order valence-corrected chi connectivity index (χ3v) is 3.16. The molecule has 4 heteroatoms. The number of nitrogens with two attached hydrogens (primary N) is 1. The van der Waals surface area contributed by atoms with Gasteiger partial charge < -0.3 is 5.73 Å². The number of thiazole rings is 1. The molecule has 2 heterocycles. The van der Waals surface area contributed by atoms with E-state index >= 15 is 0 Å². The Morgan fingerprint density at radius 2 is 2.46 bits per heavy atom. The van der Waals surface area contributed by atoms with Crippen molar-refractivity contribution in [2.45, 2.75) is 19.4 Å². The summed E-state index contributed by atoms with van der Waals surface area (Å²) < 4.78 is 0. The minimum absolute atomic E-state index is 0.414. The molecule has 1 saturated heterocycles. The van der Waals surface area contributed by atoms with Crippen molar-refractivity contribution in [3.63, 3.8) is 0 Å². The fraction of sp³-hybridized carbons (Fsp3) is 0.667. The lowest BCUT2D eigenvalue weighted by Crippen LogP contribution is -2.55. The highest BCUT2D eigenvalue weighted by molar-refractivity contribution is 7.09. The van der Waals surface area contributed by atoms with Crippen molar-refractivity contribution >= 4 is 11.3 Å². The van der Waals surface area contributed by atoms with E-state index < -0.39 is 0 Å². The zero-order valence-corrected chi connectivity index (χ0v) is 8.68. The molecule has 1 fully saturated rings. The first-order valence-electron chi connectivity index (χ1n) is 4.63. The zero-order valence-electron chi connectivity index (χ0n) is 7.86. The molecule has 1 aliphatic rings. The van der Waals surface area contributed by atoms with Crippen LogP contribution in [-0.4, -0.2) is 35.6 Å². The minimum Gasteiger partial charge on any atom is -0.325 e. The van der Waals surface area contributed by atoms with Crippen molar-refractivity contribution in [1.82, 2.24) is 9.88 Å². The second kappa shape index (κ2) is 3.74. The molecule has 0 radical (unpaired) electrons. The van der Waals surface area contributed by atoms with Crippen molar-refractivity contribution in [1.29, 1.82) is 0 Å². The summed E-state index contributed by atoms with van der Waals surface area (Å²) in [5.74, 6) is 0. The van der Waals surface area contributed by atoms with Gasteiger partial charge >= 0.3 is 0 Å². The monoisotopic (exact) mass is 197 g/mol. The van der Waals surface area contributed by atoms with Crippen molar-refractivity contribution < 1.29 is 0 Å². The summed E-state index contributed by atoms with van der Waals surface area (Å²) in [5.41, 5.74) is 6.91. The summed E-state index contributed by atoms with van der Waals surface area (Å²) in [6.07, 6.45) is 1.07. The molecule has 3 nitrogen and oxygen atoms in total. The highest BCUT2D eigenvalue weighted by Crippen LogP contribution is 2.11. The van der Waals surface area contributed by atoms with E-state index in [1.54, 1.807) is 11.3 Å². The molecule has 1 aliphatic heterocycles. The molecule has 0 amide bonds. The van der Waals surface area contributed by atoms with Crippen LogP contribution in [0.3, 0.4) is 0 Å². The fourth-order valence-corrected chi connectivity index (χ4v) is 2.24. The highest BCUT2D eigenvalue weighted by atomic mass is 32.1. The average Bonchev–Trinajstić information content (AvgIpc) is 2.43. The van der Waals surface area contributed by atoms with Crippen LogP contribution in [0.2, 0.25) is 0 Å². The van der Waals surface area contributed by atoms with Gasteiger partial charge in [-0.15, -0.1) is 11.3 Å². The molecule has 0 saturated carbocycles. The molecule has 0 aliphatic carbocycles.